The van der Waals surface area contributed by atoms with E-state index < -0.39 is 0 Å². The maximum atomic E-state index is 13.0. The van der Waals surface area contributed by atoms with Crippen molar-refractivity contribution < 1.29 is 4.79 Å². The van der Waals surface area contributed by atoms with E-state index in [1.54, 1.807) is 35.4 Å². The maximum absolute atomic E-state index is 13.0. The number of hydrogen-bond acceptors (Lipinski definition) is 4. The topological polar surface area (TPSA) is 34.9 Å². The number of nitrogens with zero attached hydrogens (tertiary/aromatic N) is 2. The molecule has 0 spiro atoms. The first-order valence-electron chi connectivity index (χ1n) is 6.72. The number of carbonyl (C=O) groups excluding carboxylic acids is 1. The molecule has 5 heteroatoms. The summed E-state index contributed by atoms with van der Waals surface area (Å²) in [4.78, 5) is 17.0. The van der Waals surface area contributed by atoms with Crippen LogP contribution in [0.5, 0.6) is 0 Å². The van der Waals surface area contributed by atoms with Gasteiger partial charge >= 0.3 is 0 Å². The van der Waals surface area contributed by atoms with Crippen molar-refractivity contribution in [2.45, 2.75) is 0 Å². The average Bonchev–Trinajstić information content (AvgIpc) is 3.11. The number of aromatic nitrogens is 2. The molecule has 0 radical (unpaired) electrons. The molecule has 0 bridgehead atoms. The molecule has 114 valence electrons. The summed E-state index contributed by atoms with van der Waals surface area (Å²) in [7, 11) is 0. The number of carbonyl (C=O) groups is 1. The second-order valence-corrected chi connectivity index (χ2v) is 6.52. The molecule has 0 atom stereocenters. The number of benzene rings is 1. The minimum atomic E-state index is -0.0901. The van der Waals surface area contributed by atoms with Crippen LogP contribution >= 0.6 is 23.5 Å². The number of imidazole rings is 1. The molecule has 23 heavy (non-hydrogen) atoms. The van der Waals surface area contributed by atoms with Crippen molar-refractivity contribution in [2.75, 3.05) is 11.5 Å². The summed E-state index contributed by atoms with van der Waals surface area (Å²) < 4.78 is 2.50. The Morgan fingerprint density at radius 2 is 1.78 bits per heavy atom. The zero-order chi connectivity index (χ0) is 16.5. The van der Waals surface area contributed by atoms with Gasteiger partial charge < -0.3 is 4.57 Å². The minimum Gasteiger partial charge on any atom is -0.301 e. The Hall–Kier alpha value is -2.34. The lowest BCUT2D eigenvalue weighted by Crippen LogP contribution is -2.10. The molecule has 1 aromatic heterocycles. The summed E-state index contributed by atoms with van der Waals surface area (Å²) >= 11 is 2.86. The van der Waals surface area contributed by atoms with Gasteiger partial charge in [0.05, 0.1) is 22.1 Å². The fraction of sp³-hybridized carbons (Fsp3) is 0.111. The Balaban J connectivity index is 2.51. The Morgan fingerprint density at radius 1 is 1.13 bits per heavy atom. The molecule has 0 aliphatic rings. The molecule has 0 N–H and O–H groups in total. The van der Waals surface area contributed by atoms with E-state index in [1.807, 2.05) is 18.2 Å². The lowest BCUT2D eigenvalue weighted by molar-refractivity contribution is 0.105. The number of terminal acetylenes is 2. The monoisotopic (exact) mass is 338 g/mol. The van der Waals surface area contributed by atoms with Crippen molar-refractivity contribution in [1.82, 2.24) is 9.55 Å². The van der Waals surface area contributed by atoms with Gasteiger partial charge in [-0.1, -0.05) is 42.2 Å². The summed E-state index contributed by atoms with van der Waals surface area (Å²) in [6.45, 7) is 0. The fourth-order valence-electron chi connectivity index (χ4n) is 1.83. The van der Waals surface area contributed by atoms with E-state index in [0.717, 1.165) is 4.24 Å². The van der Waals surface area contributed by atoms with E-state index in [2.05, 4.69) is 16.8 Å². The molecular weight excluding hydrogens is 324 g/mol. The van der Waals surface area contributed by atoms with Crippen LogP contribution in [0.25, 0.3) is 5.70 Å². The first-order valence-corrected chi connectivity index (χ1v) is 8.70. The van der Waals surface area contributed by atoms with Crippen molar-refractivity contribution in [1.29, 1.82) is 0 Å². The molecule has 0 unspecified atom stereocenters. The lowest BCUT2D eigenvalue weighted by atomic mass is 10.1. The van der Waals surface area contributed by atoms with Crippen LogP contribution in [-0.2, 0) is 0 Å². The van der Waals surface area contributed by atoms with Crippen LogP contribution in [0.3, 0.4) is 0 Å². The van der Waals surface area contributed by atoms with Crippen molar-refractivity contribution in [3.63, 3.8) is 0 Å². The molecule has 0 saturated carbocycles. The summed E-state index contributed by atoms with van der Waals surface area (Å²) in [5, 5.41) is 0. The van der Waals surface area contributed by atoms with Crippen LogP contribution in [0.15, 0.2) is 53.3 Å². The molecule has 0 aliphatic heterocycles. The predicted molar refractivity (Wildman–Crippen MR) is 98.8 cm³/mol. The Kier molecular flexibility index (Phi) is 6.62. The largest absolute Gasteiger partial charge is 0.301 e. The minimum absolute atomic E-state index is 0.0901. The standard InChI is InChI=1S/C18H14N2OS2/c1-3-12-22-18(23-13-4-2)16(20-11-10-19-14-20)17(21)15-8-6-5-7-9-15/h1-2,5-11,14H,12-13H2. The van der Waals surface area contributed by atoms with Gasteiger partial charge in [-0.3, -0.25) is 4.79 Å². The highest BCUT2D eigenvalue weighted by atomic mass is 32.2. The highest BCUT2D eigenvalue weighted by Gasteiger charge is 2.19. The third kappa shape index (κ3) is 4.56. The first kappa shape index (κ1) is 17.0. The Labute approximate surface area is 144 Å². The normalized spacial score (nSPS) is 9.65. The summed E-state index contributed by atoms with van der Waals surface area (Å²) in [5.74, 6) is 6.00. The van der Waals surface area contributed by atoms with E-state index in [-0.39, 0.29) is 5.78 Å². The second-order valence-electron chi connectivity index (χ2n) is 4.29. The quantitative estimate of drug-likeness (QED) is 0.439. The molecule has 2 aromatic rings. The van der Waals surface area contributed by atoms with Crippen molar-refractivity contribution in [3.05, 3.63) is 58.9 Å². The van der Waals surface area contributed by atoms with Crippen molar-refractivity contribution >= 4 is 35.0 Å². The molecule has 0 amide bonds. The number of Topliss-reactive ketones (excluding diaryl/α,β-unsaturated/α-hetero) is 1. The van der Waals surface area contributed by atoms with Gasteiger partial charge in [0.15, 0.2) is 0 Å². The van der Waals surface area contributed by atoms with Crippen molar-refractivity contribution in [2.24, 2.45) is 0 Å². The van der Waals surface area contributed by atoms with Gasteiger partial charge in [0.25, 0.3) is 0 Å². The molecule has 1 heterocycles. The second kappa shape index (κ2) is 8.95. The van der Waals surface area contributed by atoms with Gasteiger partial charge in [-0.2, -0.15) is 0 Å². The third-order valence-corrected chi connectivity index (χ3v) is 5.02. The van der Waals surface area contributed by atoms with Gasteiger partial charge in [-0.05, 0) is 0 Å². The summed E-state index contributed by atoms with van der Waals surface area (Å²) in [6, 6.07) is 9.12. The van der Waals surface area contributed by atoms with Gasteiger partial charge in [-0.25, -0.2) is 4.98 Å². The SMILES string of the molecule is C#CCSC(SCC#C)=C(C(=O)c1ccccc1)n1ccnc1. The first-order chi connectivity index (χ1) is 11.3. The zero-order valence-corrected chi connectivity index (χ0v) is 13.9. The summed E-state index contributed by atoms with van der Waals surface area (Å²) in [5.41, 5.74) is 1.13. The lowest BCUT2D eigenvalue weighted by Gasteiger charge is -2.13. The van der Waals surface area contributed by atoms with Crippen LogP contribution < -0.4 is 0 Å². The predicted octanol–water partition coefficient (Wildman–Crippen LogP) is 3.62. The van der Waals surface area contributed by atoms with Crippen LogP contribution in [-0.4, -0.2) is 26.8 Å². The number of ketones is 1. The number of rotatable bonds is 7. The summed E-state index contributed by atoms with van der Waals surface area (Å²) in [6.07, 6.45) is 15.7. The van der Waals surface area contributed by atoms with Crippen molar-refractivity contribution in [3.8, 4) is 24.7 Å². The highest BCUT2D eigenvalue weighted by Crippen LogP contribution is 2.34. The molecule has 0 aliphatic carbocycles. The Bertz CT molecular complexity index is 746. The van der Waals surface area contributed by atoms with Gasteiger partial charge in [0.1, 0.15) is 5.70 Å². The average molecular weight is 338 g/mol. The van der Waals surface area contributed by atoms with Crippen LogP contribution in [0, 0.1) is 24.7 Å². The maximum Gasteiger partial charge on any atom is 0.211 e. The third-order valence-electron chi connectivity index (χ3n) is 2.78. The van der Waals surface area contributed by atoms with E-state index >= 15 is 0 Å². The smallest absolute Gasteiger partial charge is 0.211 e. The van der Waals surface area contributed by atoms with Gasteiger partial charge in [-0.15, -0.1) is 36.4 Å². The number of allylic oxidation sites excluding steroid dienone is 1. The van der Waals surface area contributed by atoms with E-state index in [9.17, 15) is 4.79 Å². The molecule has 2 rings (SSSR count). The number of thioether (sulfide) groups is 2. The van der Waals surface area contributed by atoms with Crippen LogP contribution in [0.2, 0.25) is 0 Å². The van der Waals surface area contributed by atoms with Crippen LogP contribution in [0.1, 0.15) is 10.4 Å². The Morgan fingerprint density at radius 3 is 2.30 bits per heavy atom. The van der Waals surface area contributed by atoms with Gasteiger partial charge in [0, 0.05) is 18.0 Å². The van der Waals surface area contributed by atoms with E-state index in [1.165, 1.54) is 23.5 Å². The van der Waals surface area contributed by atoms with E-state index in [0.29, 0.717) is 22.8 Å². The van der Waals surface area contributed by atoms with E-state index in [4.69, 9.17) is 12.8 Å². The highest BCUT2D eigenvalue weighted by molar-refractivity contribution is 8.22. The van der Waals surface area contributed by atoms with Crippen LogP contribution in [0.4, 0.5) is 0 Å². The van der Waals surface area contributed by atoms with Gasteiger partial charge in [0.2, 0.25) is 5.78 Å². The molecular formula is C18H14N2OS2. The molecule has 0 saturated heterocycles. The molecule has 0 fully saturated rings. The molecule has 3 nitrogen and oxygen atoms in total. The molecule has 1 aromatic carbocycles. The fourth-order valence-corrected chi connectivity index (χ4v) is 3.61. The zero-order valence-electron chi connectivity index (χ0n) is 12.3. The number of hydrogen-bond donors (Lipinski definition) is 0.